The van der Waals surface area contributed by atoms with E-state index < -0.39 is 0 Å². The molecule has 0 spiro atoms. The average molecular weight is 388 g/mol. The summed E-state index contributed by atoms with van der Waals surface area (Å²) in [6, 6.07) is 3.86. The molecule has 4 rings (SSSR count). The Kier molecular flexibility index (Phi) is 5.68. The largest absolute Gasteiger partial charge is 0.493 e. The lowest BCUT2D eigenvalue weighted by molar-refractivity contribution is -0.134. The van der Waals surface area contributed by atoms with E-state index in [9.17, 15) is 4.79 Å². The van der Waals surface area contributed by atoms with E-state index in [1.54, 1.807) is 14.2 Å². The molecule has 3 heterocycles. The summed E-state index contributed by atoms with van der Waals surface area (Å²) in [5.74, 6) is 2.01. The van der Waals surface area contributed by atoms with Gasteiger partial charge in [-0.05, 0) is 24.5 Å². The van der Waals surface area contributed by atoms with Crippen LogP contribution in [0.3, 0.4) is 0 Å². The van der Waals surface area contributed by atoms with Crippen molar-refractivity contribution in [3.8, 4) is 11.5 Å². The highest BCUT2D eigenvalue weighted by Crippen LogP contribution is 2.38. The highest BCUT2D eigenvalue weighted by Gasteiger charge is 2.36. The predicted molar refractivity (Wildman–Crippen MR) is 106 cm³/mol. The molecule has 0 aliphatic carbocycles. The van der Waals surface area contributed by atoms with Crippen LogP contribution in [0.15, 0.2) is 17.1 Å². The second-order valence-electron chi connectivity index (χ2n) is 7.34. The van der Waals surface area contributed by atoms with Crippen molar-refractivity contribution in [3.63, 3.8) is 0 Å². The molecule has 152 valence electrons. The van der Waals surface area contributed by atoms with Crippen LogP contribution in [0.5, 0.6) is 11.5 Å². The maximum Gasteiger partial charge on any atom is 0.235 e. The van der Waals surface area contributed by atoms with Crippen LogP contribution >= 0.6 is 0 Å². The van der Waals surface area contributed by atoms with Crippen molar-refractivity contribution in [3.05, 3.63) is 17.7 Å². The highest BCUT2D eigenvalue weighted by molar-refractivity contribution is 6.12. The van der Waals surface area contributed by atoms with Crippen LogP contribution in [0, 0.1) is 5.92 Å². The summed E-state index contributed by atoms with van der Waals surface area (Å²) >= 11 is 0. The Bertz CT molecular complexity index is 761. The lowest BCUT2D eigenvalue weighted by Crippen LogP contribution is -2.49. The number of benzene rings is 1. The second kappa shape index (κ2) is 8.36. The Morgan fingerprint density at radius 1 is 1.18 bits per heavy atom. The zero-order valence-electron chi connectivity index (χ0n) is 16.6. The monoisotopic (exact) mass is 388 g/mol. The molecule has 8 nitrogen and oxygen atoms in total. The van der Waals surface area contributed by atoms with Gasteiger partial charge in [0.15, 0.2) is 11.5 Å². The van der Waals surface area contributed by atoms with Gasteiger partial charge in [0, 0.05) is 37.9 Å². The van der Waals surface area contributed by atoms with Crippen molar-refractivity contribution in [2.24, 2.45) is 10.9 Å². The first-order chi connectivity index (χ1) is 13.7. The molecular weight excluding hydrogens is 360 g/mol. The lowest BCUT2D eigenvalue weighted by atomic mass is 9.90. The first-order valence-electron chi connectivity index (χ1n) is 9.84. The Morgan fingerprint density at radius 3 is 2.68 bits per heavy atom. The number of aliphatic imine (C=N–C) groups is 1. The van der Waals surface area contributed by atoms with Crippen molar-refractivity contribution >= 4 is 17.4 Å². The van der Waals surface area contributed by atoms with Crippen LogP contribution in [0.25, 0.3) is 0 Å². The molecule has 0 radical (unpaired) electrons. The molecule has 1 aromatic rings. The molecule has 1 amide bonds. The van der Waals surface area contributed by atoms with Gasteiger partial charge in [0.05, 0.1) is 33.4 Å². The topological polar surface area (TPSA) is 75.6 Å². The number of amides is 1. The number of methoxy groups -OCH3 is 2. The second-order valence-corrected chi connectivity index (χ2v) is 7.34. The summed E-state index contributed by atoms with van der Waals surface area (Å²) in [6.45, 7) is 5.71. The van der Waals surface area contributed by atoms with E-state index in [4.69, 9.17) is 14.2 Å². The third-order valence-electron chi connectivity index (χ3n) is 5.65. The van der Waals surface area contributed by atoms with E-state index >= 15 is 0 Å². The number of carbonyl (C=O) groups excluding carboxylic acids is 1. The van der Waals surface area contributed by atoms with Crippen molar-refractivity contribution < 1.29 is 19.0 Å². The molecule has 1 aromatic carbocycles. The molecule has 1 atom stereocenters. The fourth-order valence-corrected chi connectivity index (χ4v) is 4.04. The van der Waals surface area contributed by atoms with E-state index in [0.717, 1.165) is 62.9 Å². The third-order valence-corrected chi connectivity index (χ3v) is 5.65. The van der Waals surface area contributed by atoms with Crippen molar-refractivity contribution in [2.75, 3.05) is 65.6 Å². The van der Waals surface area contributed by atoms with Gasteiger partial charge in [-0.1, -0.05) is 0 Å². The fraction of sp³-hybridized carbons (Fsp3) is 0.600. The zero-order chi connectivity index (χ0) is 19.5. The molecule has 8 heteroatoms. The van der Waals surface area contributed by atoms with Gasteiger partial charge in [-0.25, -0.2) is 0 Å². The van der Waals surface area contributed by atoms with Crippen LogP contribution in [0.1, 0.15) is 12.0 Å². The summed E-state index contributed by atoms with van der Waals surface area (Å²) < 4.78 is 16.2. The van der Waals surface area contributed by atoms with Gasteiger partial charge in [0.2, 0.25) is 5.91 Å². The summed E-state index contributed by atoms with van der Waals surface area (Å²) in [7, 11) is 3.24. The highest BCUT2D eigenvalue weighted by atomic mass is 16.5. The number of rotatable bonds is 6. The Morgan fingerprint density at radius 2 is 1.93 bits per heavy atom. The van der Waals surface area contributed by atoms with Gasteiger partial charge in [0.25, 0.3) is 0 Å². The smallest absolute Gasteiger partial charge is 0.235 e. The lowest BCUT2D eigenvalue weighted by Gasteiger charge is -2.36. The number of ether oxygens (including phenoxy) is 3. The summed E-state index contributed by atoms with van der Waals surface area (Å²) in [6.07, 6.45) is 1.58. The van der Waals surface area contributed by atoms with Gasteiger partial charge < -0.3 is 24.4 Å². The van der Waals surface area contributed by atoms with Crippen LogP contribution in [-0.2, 0) is 16.0 Å². The Hall–Kier alpha value is -2.32. The van der Waals surface area contributed by atoms with Crippen molar-refractivity contribution in [2.45, 2.75) is 12.8 Å². The minimum atomic E-state index is -0.247. The Labute approximate surface area is 165 Å². The molecule has 1 N–H and O–H groups in total. The van der Waals surface area contributed by atoms with Crippen LogP contribution < -0.4 is 14.8 Å². The molecule has 28 heavy (non-hydrogen) atoms. The standard InChI is InChI=1S/C20H28N4O4/c1-26-17-11-14-10-15-19(22-16(14)12-18(17)27-2)21-13-24(20(15)25)5-3-4-23-6-8-28-9-7-23/h11-12,15H,3-10,13H2,1-2H3,(H,21,22). The molecular formula is C20H28N4O4. The fourth-order valence-electron chi connectivity index (χ4n) is 4.04. The quantitative estimate of drug-likeness (QED) is 0.790. The maximum atomic E-state index is 13.0. The predicted octanol–water partition coefficient (Wildman–Crippen LogP) is 1.21. The first-order valence-corrected chi connectivity index (χ1v) is 9.84. The van der Waals surface area contributed by atoms with E-state index in [2.05, 4.69) is 15.2 Å². The summed E-state index contributed by atoms with van der Waals surface area (Å²) in [5, 5.41) is 3.33. The molecule has 1 fully saturated rings. The molecule has 0 saturated carbocycles. The van der Waals surface area contributed by atoms with Gasteiger partial charge in [-0.3, -0.25) is 14.7 Å². The number of fused-ring (bicyclic) bond motifs is 2. The maximum absolute atomic E-state index is 13.0. The van der Waals surface area contributed by atoms with E-state index in [1.807, 2.05) is 17.0 Å². The summed E-state index contributed by atoms with van der Waals surface area (Å²) in [5.41, 5.74) is 1.98. The number of nitrogens with one attached hydrogen (secondary N) is 1. The third kappa shape index (κ3) is 3.79. The number of anilines is 1. The zero-order valence-corrected chi connectivity index (χ0v) is 16.6. The van der Waals surface area contributed by atoms with Crippen LogP contribution in [0.2, 0.25) is 0 Å². The molecule has 1 unspecified atom stereocenters. The van der Waals surface area contributed by atoms with E-state index in [0.29, 0.717) is 24.6 Å². The Balaban J connectivity index is 1.41. The number of hydrogen-bond donors (Lipinski definition) is 1. The molecule has 3 aliphatic heterocycles. The van der Waals surface area contributed by atoms with E-state index in [1.165, 1.54) is 0 Å². The first kappa shape index (κ1) is 19.0. The SMILES string of the molecule is COc1cc2c(cc1OC)NC1=NCN(CCCN3CCOCC3)C(=O)C1C2. The molecule has 0 aromatic heterocycles. The minimum absolute atomic E-state index is 0.153. The number of hydrogen-bond acceptors (Lipinski definition) is 7. The number of morpholine rings is 1. The van der Waals surface area contributed by atoms with Gasteiger partial charge >= 0.3 is 0 Å². The number of amidine groups is 1. The van der Waals surface area contributed by atoms with E-state index in [-0.39, 0.29) is 11.8 Å². The van der Waals surface area contributed by atoms with Crippen molar-refractivity contribution in [1.29, 1.82) is 0 Å². The molecule has 0 bridgehead atoms. The van der Waals surface area contributed by atoms with Crippen molar-refractivity contribution in [1.82, 2.24) is 9.80 Å². The normalized spacial score (nSPS) is 22.1. The molecule has 3 aliphatic rings. The average Bonchev–Trinajstić information content (AvgIpc) is 2.74. The van der Waals surface area contributed by atoms with Crippen LogP contribution in [0.4, 0.5) is 5.69 Å². The van der Waals surface area contributed by atoms with Gasteiger partial charge in [-0.2, -0.15) is 0 Å². The van der Waals surface area contributed by atoms with Crippen LogP contribution in [-0.4, -0.2) is 81.8 Å². The molecule has 1 saturated heterocycles. The van der Waals surface area contributed by atoms with Gasteiger partial charge in [0.1, 0.15) is 12.5 Å². The number of nitrogens with zero attached hydrogens (tertiary/aromatic N) is 3. The minimum Gasteiger partial charge on any atom is -0.493 e. The summed E-state index contributed by atoms with van der Waals surface area (Å²) in [4.78, 5) is 22.0. The van der Waals surface area contributed by atoms with Gasteiger partial charge in [-0.15, -0.1) is 0 Å². The number of carbonyl (C=O) groups is 1.